The molecule has 0 aromatic carbocycles. The first-order valence-corrected chi connectivity index (χ1v) is 10.5. The summed E-state index contributed by atoms with van der Waals surface area (Å²) < 4.78 is 6.92. The van der Waals surface area contributed by atoms with E-state index in [0.29, 0.717) is 24.5 Å². The van der Waals surface area contributed by atoms with E-state index < -0.39 is 0 Å². The van der Waals surface area contributed by atoms with Crippen LogP contribution in [-0.4, -0.2) is 43.3 Å². The third-order valence-electron chi connectivity index (χ3n) is 6.02. The average Bonchev–Trinajstić information content (AvgIpc) is 3.42. The molecule has 5 rings (SSSR count). The van der Waals surface area contributed by atoms with E-state index in [1.807, 2.05) is 17.0 Å². The fourth-order valence-electron chi connectivity index (χ4n) is 4.44. The molecular weight excluding hydrogens is 382 g/mol. The van der Waals surface area contributed by atoms with Crippen molar-refractivity contribution >= 4 is 5.91 Å². The van der Waals surface area contributed by atoms with Crippen LogP contribution in [0, 0.1) is 0 Å². The normalized spacial score (nSPS) is 18.4. The van der Waals surface area contributed by atoms with Crippen molar-refractivity contribution in [1.29, 1.82) is 0 Å². The van der Waals surface area contributed by atoms with Gasteiger partial charge in [-0.25, -0.2) is 4.68 Å². The SMILES string of the molecule is O=C(c1onc2c1CCCC2)N1CCCC1Cn1nc(-c2ccncc2)ccc1=O. The van der Waals surface area contributed by atoms with Crippen molar-refractivity contribution in [3.63, 3.8) is 0 Å². The maximum absolute atomic E-state index is 13.2. The predicted molar refractivity (Wildman–Crippen MR) is 109 cm³/mol. The first-order chi connectivity index (χ1) is 14.7. The van der Waals surface area contributed by atoms with Crippen molar-refractivity contribution in [3.8, 4) is 11.3 Å². The van der Waals surface area contributed by atoms with Gasteiger partial charge in [0.25, 0.3) is 11.5 Å². The van der Waals surface area contributed by atoms with E-state index >= 15 is 0 Å². The van der Waals surface area contributed by atoms with Gasteiger partial charge in [-0.1, -0.05) is 5.16 Å². The molecule has 1 saturated heterocycles. The number of fused-ring (bicyclic) bond motifs is 1. The highest BCUT2D eigenvalue weighted by molar-refractivity contribution is 5.93. The summed E-state index contributed by atoms with van der Waals surface area (Å²) in [6.45, 7) is 1.01. The largest absolute Gasteiger partial charge is 0.350 e. The average molecular weight is 405 g/mol. The zero-order chi connectivity index (χ0) is 20.5. The highest BCUT2D eigenvalue weighted by atomic mass is 16.5. The number of aromatic nitrogens is 4. The monoisotopic (exact) mass is 405 g/mol. The number of hydrogen-bond acceptors (Lipinski definition) is 6. The molecule has 0 bridgehead atoms. The Hall–Kier alpha value is -3.29. The van der Waals surface area contributed by atoms with Gasteiger partial charge in [-0.2, -0.15) is 5.10 Å². The number of carbonyl (C=O) groups excluding carboxylic acids is 1. The van der Waals surface area contributed by atoms with Crippen molar-refractivity contribution < 1.29 is 9.32 Å². The lowest BCUT2D eigenvalue weighted by Gasteiger charge is -2.24. The molecule has 8 heteroatoms. The van der Waals surface area contributed by atoms with Gasteiger partial charge in [0, 0.05) is 36.1 Å². The van der Waals surface area contributed by atoms with Crippen LogP contribution in [0.25, 0.3) is 11.3 Å². The first-order valence-electron chi connectivity index (χ1n) is 10.5. The molecule has 1 atom stereocenters. The second-order valence-corrected chi connectivity index (χ2v) is 7.91. The van der Waals surface area contributed by atoms with E-state index in [-0.39, 0.29) is 17.5 Å². The van der Waals surface area contributed by atoms with E-state index in [2.05, 4.69) is 15.2 Å². The topological polar surface area (TPSA) is 94.1 Å². The van der Waals surface area contributed by atoms with Crippen molar-refractivity contribution in [2.75, 3.05) is 6.54 Å². The number of likely N-dealkylation sites (tertiary alicyclic amines) is 1. The van der Waals surface area contributed by atoms with Crippen LogP contribution in [0.3, 0.4) is 0 Å². The van der Waals surface area contributed by atoms with E-state index in [1.165, 1.54) is 10.7 Å². The van der Waals surface area contributed by atoms with Gasteiger partial charge >= 0.3 is 0 Å². The number of aryl methyl sites for hydroxylation is 1. The van der Waals surface area contributed by atoms with E-state index in [1.54, 1.807) is 18.5 Å². The Balaban J connectivity index is 1.39. The molecule has 1 unspecified atom stereocenters. The molecule has 0 saturated carbocycles. The molecule has 0 radical (unpaired) electrons. The van der Waals surface area contributed by atoms with Crippen LogP contribution in [0.5, 0.6) is 0 Å². The van der Waals surface area contributed by atoms with Crippen LogP contribution < -0.4 is 5.56 Å². The van der Waals surface area contributed by atoms with Crippen LogP contribution in [0.4, 0.5) is 0 Å². The molecule has 1 aliphatic heterocycles. The summed E-state index contributed by atoms with van der Waals surface area (Å²) in [4.78, 5) is 31.5. The Kier molecular flexibility index (Phi) is 4.90. The van der Waals surface area contributed by atoms with Gasteiger partial charge in [-0.05, 0) is 56.7 Å². The second kappa shape index (κ2) is 7.85. The zero-order valence-electron chi connectivity index (χ0n) is 16.7. The lowest BCUT2D eigenvalue weighted by atomic mass is 9.96. The zero-order valence-corrected chi connectivity index (χ0v) is 16.7. The highest BCUT2D eigenvalue weighted by Crippen LogP contribution is 2.28. The van der Waals surface area contributed by atoms with Gasteiger partial charge in [0.15, 0.2) is 0 Å². The van der Waals surface area contributed by atoms with Crippen LogP contribution in [0.1, 0.15) is 47.5 Å². The van der Waals surface area contributed by atoms with Gasteiger partial charge in [-0.3, -0.25) is 14.6 Å². The Bertz CT molecular complexity index is 1120. The van der Waals surface area contributed by atoms with Gasteiger partial charge in [-0.15, -0.1) is 0 Å². The second-order valence-electron chi connectivity index (χ2n) is 7.91. The Morgan fingerprint density at radius 1 is 1.10 bits per heavy atom. The molecule has 30 heavy (non-hydrogen) atoms. The van der Waals surface area contributed by atoms with Crippen LogP contribution in [0.15, 0.2) is 46.0 Å². The number of nitrogens with zero attached hydrogens (tertiary/aromatic N) is 5. The van der Waals surface area contributed by atoms with E-state index in [0.717, 1.165) is 55.3 Å². The Labute approximate surface area is 173 Å². The van der Waals surface area contributed by atoms with Gasteiger partial charge in [0.1, 0.15) is 0 Å². The summed E-state index contributed by atoms with van der Waals surface area (Å²) in [5.74, 6) is 0.258. The number of amides is 1. The Morgan fingerprint density at radius 2 is 1.93 bits per heavy atom. The molecule has 154 valence electrons. The minimum Gasteiger partial charge on any atom is -0.350 e. The smallest absolute Gasteiger partial charge is 0.293 e. The van der Waals surface area contributed by atoms with Crippen LogP contribution >= 0.6 is 0 Å². The molecule has 3 aromatic heterocycles. The minimum atomic E-state index is -0.177. The summed E-state index contributed by atoms with van der Waals surface area (Å²) in [7, 11) is 0. The number of hydrogen-bond donors (Lipinski definition) is 0. The van der Waals surface area contributed by atoms with Crippen molar-refractivity contribution in [2.45, 2.75) is 51.1 Å². The fraction of sp³-hybridized carbons (Fsp3) is 0.409. The lowest BCUT2D eigenvalue weighted by molar-refractivity contribution is 0.0676. The number of pyridine rings is 1. The fourth-order valence-corrected chi connectivity index (χ4v) is 4.44. The first kappa shape index (κ1) is 18.7. The van der Waals surface area contributed by atoms with Gasteiger partial charge in [0.2, 0.25) is 5.76 Å². The third kappa shape index (κ3) is 3.42. The van der Waals surface area contributed by atoms with Gasteiger partial charge in [0.05, 0.1) is 24.0 Å². The number of rotatable bonds is 4. The summed E-state index contributed by atoms with van der Waals surface area (Å²) in [5.41, 5.74) is 3.31. The molecule has 1 aliphatic carbocycles. The molecule has 2 aliphatic rings. The molecule has 8 nitrogen and oxygen atoms in total. The molecular formula is C22H23N5O3. The molecule has 0 N–H and O–H groups in total. The molecule has 3 aromatic rings. The van der Waals surface area contributed by atoms with Crippen molar-refractivity contribution in [1.82, 2.24) is 24.8 Å². The highest BCUT2D eigenvalue weighted by Gasteiger charge is 2.34. The van der Waals surface area contributed by atoms with E-state index in [9.17, 15) is 9.59 Å². The van der Waals surface area contributed by atoms with Crippen LogP contribution in [-0.2, 0) is 19.4 Å². The van der Waals surface area contributed by atoms with Gasteiger partial charge < -0.3 is 9.42 Å². The van der Waals surface area contributed by atoms with E-state index in [4.69, 9.17) is 4.52 Å². The molecule has 1 amide bonds. The number of carbonyl (C=O) groups is 1. The third-order valence-corrected chi connectivity index (χ3v) is 6.02. The lowest BCUT2D eigenvalue weighted by Crippen LogP contribution is -2.40. The maximum atomic E-state index is 13.2. The molecule has 0 spiro atoms. The van der Waals surface area contributed by atoms with Crippen LogP contribution in [0.2, 0.25) is 0 Å². The predicted octanol–water partition coefficient (Wildman–Crippen LogP) is 2.48. The van der Waals surface area contributed by atoms with Crippen molar-refractivity contribution in [2.24, 2.45) is 0 Å². The molecule has 4 heterocycles. The minimum absolute atomic E-state index is 0.0975. The summed E-state index contributed by atoms with van der Waals surface area (Å²) in [6, 6.07) is 6.86. The standard InChI is InChI=1S/C22H23N5O3/c28-20-8-7-18(15-9-11-23-12-10-15)24-27(20)14-16-4-3-13-26(16)22(29)21-17-5-1-2-6-19(17)25-30-21/h7-12,16H,1-6,13-14H2. The van der Waals surface area contributed by atoms with Crippen molar-refractivity contribution in [3.05, 3.63) is 64.0 Å². The summed E-state index contributed by atoms with van der Waals surface area (Å²) in [5, 5.41) is 8.66. The summed E-state index contributed by atoms with van der Waals surface area (Å²) >= 11 is 0. The quantitative estimate of drug-likeness (QED) is 0.662. The maximum Gasteiger partial charge on any atom is 0.293 e. The Morgan fingerprint density at radius 3 is 2.80 bits per heavy atom. The molecule has 1 fully saturated rings. The summed E-state index contributed by atoms with van der Waals surface area (Å²) in [6.07, 6.45) is 8.97.